The van der Waals surface area contributed by atoms with Crippen LogP contribution in [0, 0.1) is 11.6 Å². The fourth-order valence-corrected chi connectivity index (χ4v) is 4.70. The first-order chi connectivity index (χ1) is 9.25. The van der Waals surface area contributed by atoms with Gasteiger partial charge in [-0.05, 0) is 24.3 Å². The summed E-state index contributed by atoms with van der Waals surface area (Å²) in [6.07, 6.45) is 0.115. The summed E-state index contributed by atoms with van der Waals surface area (Å²) in [5.41, 5.74) is -1.63. The van der Waals surface area contributed by atoms with Crippen molar-refractivity contribution in [1.29, 1.82) is 0 Å². The number of hydrogen-bond donors (Lipinski definition) is 2. The Morgan fingerprint density at radius 1 is 1.30 bits per heavy atom. The van der Waals surface area contributed by atoms with E-state index in [1.54, 1.807) is 0 Å². The highest BCUT2D eigenvalue weighted by Gasteiger charge is 2.45. The van der Waals surface area contributed by atoms with Gasteiger partial charge in [-0.1, -0.05) is 0 Å². The van der Waals surface area contributed by atoms with Gasteiger partial charge in [-0.3, -0.25) is 4.79 Å². The Morgan fingerprint density at radius 2 is 1.90 bits per heavy atom. The van der Waals surface area contributed by atoms with Crippen LogP contribution in [-0.2, 0) is 14.8 Å². The highest BCUT2D eigenvalue weighted by atomic mass is 32.2. The maximum Gasteiger partial charge on any atom is 0.325 e. The second-order valence-electron chi connectivity index (χ2n) is 4.40. The van der Waals surface area contributed by atoms with Crippen LogP contribution in [0.3, 0.4) is 0 Å². The highest BCUT2D eigenvalue weighted by molar-refractivity contribution is 7.99. The zero-order chi connectivity index (χ0) is 15.0. The van der Waals surface area contributed by atoms with Gasteiger partial charge in [0.15, 0.2) is 0 Å². The third-order valence-corrected chi connectivity index (χ3v) is 5.61. The van der Waals surface area contributed by atoms with Gasteiger partial charge in [-0.25, -0.2) is 17.2 Å². The zero-order valence-corrected chi connectivity index (χ0v) is 11.7. The van der Waals surface area contributed by atoms with Crippen molar-refractivity contribution in [2.45, 2.75) is 16.9 Å². The van der Waals surface area contributed by atoms with Crippen molar-refractivity contribution in [1.82, 2.24) is 4.72 Å². The molecule has 1 aliphatic rings. The molecular weight excluding hydrogens is 312 g/mol. The highest BCUT2D eigenvalue weighted by Crippen LogP contribution is 2.30. The molecule has 0 radical (unpaired) electrons. The SMILES string of the molecule is O=C(O)C1(NS(=O)(=O)c2cc(F)cc(F)c2)CCSC1. The number of carboxylic acids is 1. The van der Waals surface area contributed by atoms with Gasteiger partial charge in [0, 0.05) is 11.8 Å². The number of thioether (sulfide) groups is 1. The first-order valence-electron chi connectivity index (χ1n) is 5.56. The van der Waals surface area contributed by atoms with Crippen molar-refractivity contribution in [3.63, 3.8) is 0 Å². The van der Waals surface area contributed by atoms with Crippen molar-refractivity contribution in [2.24, 2.45) is 0 Å². The maximum atomic E-state index is 13.1. The van der Waals surface area contributed by atoms with Gasteiger partial charge >= 0.3 is 5.97 Å². The molecule has 0 saturated carbocycles. The van der Waals surface area contributed by atoms with Crippen LogP contribution in [-0.4, -0.2) is 36.5 Å². The average Bonchev–Trinajstić information content (AvgIpc) is 2.76. The van der Waals surface area contributed by atoms with Crippen LogP contribution in [0.25, 0.3) is 0 Å². The number of sulfonamides is 1. The predicted molar refractivity (Wildman–Crippen MR) is 69.0 cm³/mol. The molecule has 1 aromatic carbocycles. The van der Waals surface area contributed by atoms with Gasteiger partial charge in [-0.15, -0.1) is 0 Å². The Kier molecular flexibility index (Phi) is 4.03. The molecule has 1 saturated heterocycles. The minimum Gasteiger partial charge on any atom is -0.480 e. The molecule has 2 rings (SSSR count). The third kappa shape index (κ3) is 2.94. The molecule has 1 unspecified atom stereocenters. The third-order valence-electron chi connectivity index (χ3n) is 2.91. The molecule has 0 aliphatic carbocycles. The fraction of sp³-hybridized carbons (Fsp3) is 0.364. The lowest BCUT2D eigenvalue weighted by Crippen LogP contribution is -2.54. The number of halogens is 2. The van der Waals surface area contributed by atoms with Gasteiger partial charge in [0.2, 0.25) is 10.0 Å². The number of benzene rings is 1. The molecule has 0 spiro atoms. The summed E-state index contributed by atoms with van der Waals surface area (Å²) >= 11 is 1.30. The molecule has 0 aromatic heterocycles. The summed E-state index contributed by atoms with van der Waals surface area (Å²) < 4.78 is 52.4. The number of carboxylic acid groups (broad SMARTS) is 1. The molecular formula is C11H11F2NO4S2. The van der Waals surface area contributed by atoms with Crippen molar-refractivity contribution in [3.8, 4) is 0 Å². The minimum atomic E-state index is -4.32. The fourth-order valence-electron chi connectivity index (χ4n) is 1.86. The lowest BCUT2D eigenvalue weighted by Gasteiger charge is -2.24. The summed E-state index contributed by atoms with van der Waals surface area (Å²) in [7, 11) is -4.32. The van der Waals surface area contributed by atoms with E-state index in [1.807, 2.05) is 0 Å². The van der Waals surface area contributed by atoms with Crippen LogP contribution in [0.1, 0.15) is 6.42 Å². The standard InChI is InChI=1S/C11H11F2NO4S2/c12-7-3-8(13)5-9(4-7)20(17,18)14-11(10(15)16)1-2-19-6-11/h3-5,14H,1-2,6H2,(H,15,16). The van der Waals surface area contributed by atoms with Crippen LogP contribution >= 0.6 is 11.8 Å². The Labute approximate surface area is 118 Å². The molecule has 5 nitrogen and oxygen atoms in total. The first-order valence-corrected chi connectivity index (χ1v) is 8.20. The minimum absolute atomic E-state index is 0.0688. The summed E-state index contributed by atoms with van der Waals surface area (Å²) in [6, 6.07) is 1.82. The summed E-state index contributed by atoms with van der Waals surface area (Å²) in [5, 5.41) is 9.19. The second-order valence-corrected chi connectivity index (χ2v) is 7.19. The molecule has 1 fully saturated rings. The van der Waals surface area contributed by atoms with E-state index in [9.17, 15) is 27.1 Å². The number of nitrogens with one attached hydrogen (secondary N) is 1. The molecule has 1 aromatic rings. The Morgan fingerprint density at radius 3 is 2.35 bits per heavy atom. The van der Waals surface area contributed by atoms with E-state index in [4.69, 9.17) is 0 Å². The van der Waals surface area contributed by atoms with Crippen LogP contribution in [0.2, 0.25) is 0 Å². The van der Waals surface area contributed by atoms with Crippen molar-refractivity contribution in [3.05, 3.63) is 29.8 Å². The Bertz CT molecular complexity index is 622. The van der Waals surface area contributed by atoms with Gasteiger partial charge < -0.3 is 5.11 Å². The van der Waals surface area contributed by atoms with Gasteiger partial charge in [0.25, 0.3) is 0 Å². The van der Waals surface area contributed by atoms with Gasteiger partial charge in [-0.2, -0.15) is 16.5 Å². The van der Waals surface area contributed by atoms with E-state index in [0.29, 0.717) is 24.0 Å². The molecule has 1 heterocycles. The topological polar surface area (TPSA) is 83.5 Å². The van der Waals surface area contributed by atoms with Crippen molar-refractivity contribution in [2.75, 3.05) is 11.5 Å². The van der Waals surface area contributed by atoms with E-state index in [-0.39, 0.29) is 12.2 Å². The van der Waals surface area contributed by atoms with E-state index in [0.717, 1.165) is 0 Å². The maximum absolute atomic E-state index is 13.1. The number of rotatable bonds is 4. The summed E-state index contributed by atoms with van der Waals surface area (Å²) in [5.74, 6) is -2.83. The Hall–Kier alpha value is -1.19. The first kappa shape index (κ1) is 15.2. The van der Waals surface area contributed by atoms with Crippen LogP contribution in [0.15, 0.2) is 23.1 Å². The van der Waals surface area contributed by atoms with E-state index in [2.05, 4.69) is 4.72 Å². The largest absolute Gasteiger partial charge is 0.480 e. The van der Waals surface area contributed by atoms with Crippen molar-refractivity contribution < 1.29 is 27.1 Å². The summed E-state index contributed by atoms with van der Waals surface area (Å²) in [4.78, 5) is 10.6. The number of aliphatic carboxylic acids is 1. The molecule has 9 heteroatoms. The smallest absolute Gasteiger partial charge is 0.325 e. The van der Waals surface area contributed by atoms with Gasteiger partial charge in [0.1, 0.15) is 17.2 Å². The normalized spacial score (nSPS) is 22.9. The quantitative estimate of drug-likeness (QED) is 0.870. The number of hydrogen-bond acceptors (Lipinski definition) is 4. The number of carbonyl (C=O) groups is 1. The zero-order valence-electron chi connectivity index (χ0n) is 10.1. The monoisotopic (exact) mass is 323 g/mol. The lowest BCUT2D eigenvalue weighted by atomic mass is 10.0. The molecule has 0 bridgehead atoms. The van der Waals surface area contributed by atoms with E-state index in [1.165, 1.54) is 11.8 Å². The van der Waals surface area contributed by atoms with Crippen molar-refractivity contribution >= 4 is 27.8 Å². The van der Waals surface area contributed by atoms with Gasteiger partial charge in [0.05, 0.1) is 4.90 Å². The molecule has 0 amide bonds. The molecule has 110 valence electrons. The molecule has 1 atom stereocenters. The van der Waals surface area contributed by atoms with E-state index < -0.39 is 38.1 Å². The molecule has 1 aliphatic heterocycles. The summed E-state index contributed by atoms with van der Waals surface area (Å²) in [6.45, 7) is 0. The predicted octanol–water partition coefficient (Wildman–Crippen LogP) is 1.20. The average molecular weight is 323 g/mol. The Balaban J connectivity index is 2.38. The lowest BCUT2D eigenvalue weighted by molar-refractivity contribution is -0.142. The van der Waals surface area contributed by atoms with Crippen LogP contribution in [0.4, 0.5) is 8.78 Å². The van der Waals surface area contributed by atoms with Crippen LogP contribution in [0.5, 0.6) is 0 Å². The second kappa shape index (κ2) is 5.30. The molecule has 20 heavy (non-hydrogen) atoms. The van der Waals surface area contributed by atoms with Crippen LogP contribution < -0.4 is 4.72 Å². The van der Waals surface area contributed by atoms with E-state index >= 15 is 0 Å². The molecule has 2 N–H and O–H groups in total.